The molecule has 2 rings (SSSR count). The molecule has 0 amide bonds. The maximum absolute atomic E-state index is 11.9. The molecule has 0 aliphatic heterocycles. The van der Waals surface area contributed by atoms with E-state index in [2.05, 4.69) is 10.3 Å². The van der Waals surface area contributed by atoms with Crippen LogP contribution in [0.2, 0.25) is 0 Å². The number of imidazole rings is 1. The third-order valence-corrected chi connectivity index (χ3v) is 3.20. The SMILES string of the molecule is CCOC(=O)C(=CNc1cn(Cc2ccccc2)cn1)C(=O)OCC. The minimum atomic E-state index is -0.739. The van der Waals surface area contributed by atoms with E-state index in [0.717, 1.165) is 5.56 Å². The number of hydrogen-bond donors (Lipinski definition) is 1. The Morgan fingerprint density at radius 3 is 2.36 bits per heavy atom. The van der Waals surface area contributed by atoms with E-state index < -0.39 is 11.9 Å². The van der Waals surface area contributed by atoms with Crippen LogP contribution < -0.4 is 5.32 Å². The van der Waals surface area contributed by atoms with Crippen LogP contribution in [0.3, 0.4) is 0 Å². The highest BCUT2D eigenvalue weighted by Crippen LogP contribution is 2.09. The number of nitrogens with one attached hydrogen (secondary N) is 1. The number of ether oxygens (including phenoxy) is 2. The summed E-state index contributed by atoms with van der Waals surface area (Å²) in [6.45, 7) is 4.34. The molecule has 0 aliphatic carbocycles. The number of rotatable bonds is 8. The molecule has 1 aromatic carbocycles. The molecule has 132 valence electrons. The van der Waals surface area contributed by atoms with Crippen LogP contribution in [-0.2, 0) is 25.6 Å². The zero-order chi connectivity index (χ0) is 18.1. The van der Waals surface area contributed by atoms with E-state index >= 15 is 0 Å². The minimum absolute atomic E-state index is 0.168. The summed E-state index contributed by atoms with van der Waals surface area (Å²) >= 11 is 0. The predicted molar refractivity (Wildman–Crippen MR) is 92.7 cm³/mol. The molecule has 0 unspecified atom stereocenters. The summed E-state index contributed by atoms with van der Waals surface area (Å²) in [5.74, 6) is -0.976. The van der Waals surface area contributed by atoms with E-state index in [0.29, 0.717) is 12.4 Å². The first-order chi connectivity index (χ1) is 12.1. The van der Waals surface area contributed by atoms with Crippen LogP contribution >= 0.6 is 0 Å². The Labute approximate surface area is 146 Å². The standard InChI is InChI=1S/C18H21N3O4/c1-3-24-17(22)15(18(23)25-4-2)10-19-16-12-21(13-20-16)11-14-8-6-5-7-9-14/h5-10,12-13,19H,3-4,11H2,1-2H3. The van der Waals surface area contributed by atoms with Gasteiger partial charge in [0.1, 0.15) is 5.82 Å². The normalized spacial score (nSPS) is 10.0. The third-order valence-electron chi connectivity index (χ3n) is 3.20. The summed E-state index contributed by atoms with van der Waals surface area (Å²) < 4.78 is 11.6. The molecule has 0 spiro atoms. The number of hydrogen-bond acceptors (Lipinski definition) is 6. The van der Waals surface area contributed by atoms with Crippen LogP contribution in [0.1, 0.15) is 19.4 Å². The molecule has 0 saturated carbocycles. The lowest BCUT2D eigenvalue weighted by Crippen LogP contribution is -2.19. The lowest BCUT2D eigenvalue weighted by molar-refractivity contribution is -0.146. The molecule has 2 aromatic rings. The lowest BCUT2D eigenvalue weighted by Gasteiger charge is -2.06. The Morgan fingerprint density at radius 1 is 1.12 bits per heavy atom. The highest BCUT2D eigenvalue weighted by atomic mass is 16.6. The zero-order valence-electron chi connectivity index (χ0n) is 14.3. The lowest BCUT2D eigenvalue weighted by atomic mass is 10.2. The van der Waals surface area contributed by atoms with Crippen molar-refractivity contribution in [3.8, 4) is 0 Å². The van der Waals surface area contributed by atoms with Gasteiger partial charge in [-0.05, 0) is 19.4 Å². The summed E-state index contributed by atoms with van der Waals surface area (Å²) in [6.07, 6.45) is 4.69. The average molecular weight is 343 g/mol. The first kappa shape index (κ1) is 18.3. The first-order valence-corrected chi connectivity index (χ1v) is 8.00. The van der Waals surface area contributed by atoms with Gasteiger partial charge in [-0.3, -0.25) is 0 Å². The number of nitrogens with zero attached hydrogens (tertiary/aromatic N) is 2. The highest BCUT2D eigenvalue weighted by molar-refractivity contribution is 6.14. The van der Waals surface area contributed by atoms with Gasteiger partial charge in [0.05, 0.1) is 19.5 Å². The smallest absolute Gasteiger partial charge is 0.347 e. The van der Waals surface area contributed by atoms with Crippen molar-refractivity contribution in [2.45, 2.75) is 20.4 Å². The van der Waals surface area contributed by atoms with Crippen LogP contribution in [0.25, 0.3) is 0 Å². The maximum atomic E-state index is 11.9. The van der Waals surface area contributed by atoms with Gasteiger partial charge in [0.25, 0.3) is 0 Å². The van der Waals surface area contributed by atoms with Crippen molar-refractivity contribution < 1.29 is 19.1 Å². The molecule has 1 aromatic heterocycles. The summed E-state index contributed by atoms with van der Waals surface area (Å²) in [6, 6.07) is 9.94. The molecule has 7 heteroatoms. The Kier molecular flexibility index (Phi) is 6.76. The number of carbonyl (C=O) groups excluding carboxylic acids is 2. The van der Waals surface area contributed by atoms with Crippen LogP contribution in [-0.4, -0.2) is 34.7 Å². The molecule has 0 saturated heterocycles. The number of aromatic nitrogens is 2. The second-order valence-electron chi connectivity index (χ2n) is 5.06. The van der Waals surface area contributed by atoms with Crippen molar-refractivity contribution in [2.24, 2.45) is 0 Å². The maximum Gasteiger partial charge on any atom is 0.347 e. The summed E-state index contributed by atoms with van der Waals surface area (Å²) in [5.41, 5.74) is 0.932. The van der Waals surface area contributed by atoms with Gasteiger partial charge in [-0.25, -0.2) is 14.6 Å². The first-order valence-electron chi connectivity index (χ1n) is 8.00. The largest absolute Gasteiger partial charge is 0.462 e. The topological polar surface area (TPSA) is 82.5 Å². The summed E-state index contributed by atoms with van der Waals surface area (Å²) in [7, 11) is 0. The molecular weight excluding hydrogens is 322 g/mol. The number of anilines is 1. The second-order valence-corrected chi connectivity index (χ2v) is 5.06. The van der Waals surface area contributed by atoms with Gasteiger partial charge in [-0.2, -0.15) is 0 Å². The van der Waals surface area contributed by atoms with Gasteiger partial charge < -0.3 is 19.4 Å². The second kappa shape index (κ2) is 9.27. The van der Waals surface area contributed by atoms with Crippen molar-refractivity contribution >= 4 is 17.8 Å². The Morgan fingerprint density at radius 2 is 1.76 bits per heavy atom. The van der Waals surface area contributed by atoms with Crippen molar-refractivity contribution in [3.63, 3.8) is 0 Å². The fraction of sp³-hybridized carbons (Fsp3) is 0.278. The van der Waals surface area contributed by atoms with Crippen molar-refractivity contribution in [2.75, 3.05) is 18.5 Å². The monoisotopic (exact) mass is 343 g/mol. The zero-order valence-corrected chi connectivity index (χ0v) is 14.3. The third kappa shape index (κ3) is 5.49. The predicted octanol–water partition coefficient (Wildman–Crippen LogP) is 2.35. The number of benzene rings is 1. The summed E-state index contributed by atoms with van der Waals surface area (Å²) in [5, 5.41) is 2.83. The van der Waals surface area contributed by atoms with Gasteiger partial charge in [0.15, 0.2) is 5.57 Å². The van der Waals surface area contributed by atoms with E-state index in [1.165, 1.54) is 6.20 Å². The van der Waals surface area contributed by atoms with Crippen molar-refractivity contribution in [1.82, 2.24) is 9.55 Å². The fourth-order valence-electron chi connectivity index (χ4n) is 2.08. The molecule has 0 aliphatic rings. The Bertz CT molecular complexity index is 718. The molecule has 1 N–H and O–H groups in total. The molecule has 25 heavy (non-hydrogen) atoms. The minimum Gasteiger partial charge on any atom is -0.462 e. The van der Waals surface area contributed by atoms with Gasteiger partial charge >= 0.3 is 11.9 Å². The Hall–Kier alpha value is -3.09. The van der Waals surface area contributed by atoms with E-state index in [4.69, 9.17) is 9.47 Å². The van der Waals surface area contributed by atoms with Crippen LogP contribution in [0, 0.1) is 0 Å². The van der Waals surface area contributed by atoms with Gasteiger partial charge in [0, 0.05) is 18.9 Å². The fourth-order valence-corrected chi connectivity index (χ4v) is 2.08. The van der Waals surface area contributed by atoms with Crippen molar-refractivity contribution in [1.29, 1.82) is 0 Å². The molecule has 0 fully saturated rings. The van der Waals surface area contributed by atoms with Crippen LogP contribution in [0.4, 0.5) is 5.82 Å². The summed E-state index contributed by atoms with van der Waals surface area (Å²) in [4.78, 5) is 27.9. The quantitative estimate of drug-likeness (QED) is 0.343. The van der Waals surface area contributed by atoms with E-state index in [1.54, 1.807) is 26.4 Å². The van der Waals surface area contributed by atoms with Gasteiger partial charge in [-0.1, -0.05) is 30.3 Å². The molecule has 1 heterocycles. The van der Waals surface area contributed by atoms with E-state index in [9.17, 15) is 9.59 Å². The molecule has 0 bridgehead atoms. The van der Waals surface area contributed by atoms with E-state index in [1.807, 2.05) is 34.9 Å². The number of carbonyl (C=O) groups is 2. The Balaban J connectivity index is 2.06. The van der Waals surface area contributed by atoms with Crippen molar-refractivity contribution in [3.05, 3.63) is 60.2 Å². The van der Waals surface area contributed by atoms with Gasteiger partial charge in [-0.15, -0.1) is 0 Å². The van der Waals surface area contributed by atoms with E-state index in [-0.39, 0.29) is 18.8 Å². The molecule has 7 nitrogen and oxygen atoms in total. The molecule has 0 atom stereocenters. The average Bonchev–Trinajstić information content (AvgIpc) is 3.04. The molecule has 0 radical (unpaired) electrons. The van der Waals surface area contributed by atoms with Crippen LogP contribution in [0.15, 0.2) is 54.6 Å². The number of esters is 2. The van der Waals surface area contributed by atoms with Crippen LogP contribution in [0.5, 0.6) is 0 Å². The molecular formula is C18H21N3O4. The highest BCUT2D eigenvalue weighted by Gasteiger charge is 2.21. The van der Waals surface area contributed by atoms with Gasteiger partial charge in [0.2, 0.25) is 0 Å².